The van der Waals surface area contributed by atoms with Gasteiger partial charge in [-0.2, -0.15) is 0 Å². The summed E-state index contributed by atoms with van der Waals surface area (Å²) < 4.78 is 5.83. The lowest BCUT2D eigenvalue weighted by molar-refractivity contribution is 0.311. The summed E-state index contributed by atoms with van der Waals surface area (Å²) >= 11 is 1.68. The Morgan fingerprint density at radius 1 is 1.32 bits per heavy atom. The average molecular weight is 361 g/mol. The molecule has 25 heavy (non-hydrogen) atoms. The fourth-order valence-corrected chi connectivity index (χ4v) is 3.02. The molecule has 0 aliphatic carbocycles. The van der Waals surface area contributed by atoms with Crippen molar-refractivity contribution >= 4 is 17.3 Å². The monoisotopic (exact) mass is 360 g/mol. The summed E-state index contributed by atoms with van der Waals surface area (Å²) in [6.45, 7) is 9.18. The second kappa shape index (κ2) is 10.0. The number of thiazole rings is 1. The van der Waals surface area contributed by atoms with E-state index in [4.69, 9.17) is 9.73 Å². The van der Waals surface area contributed by atoms with Crippen LogP contribution < -0.4 is 10.1 Å². The number of aliphatic imine (C=N–C) groups is 1. The first-order valence-corrected chi connectivity index (χ1v) is 9.57. The number of nitrogens with one attached hydrogen (secondary N) is 1. The fourth-order valence-electron chi connectivity index (χ4n) is 2.42. The van der Waals surface area contributed by atoms with Crippen molar-refractivity contribution in [2.24, 2.45) is 4.99 Å². The summed E-state index contributed by atoms with van der Waals surface area (Å²) in [6, 6.07) is 8.09. The first-order valence-electron chi connectivity index (χ1n) is 8.69. The number of aryl methyl sites for hydroxylation is 2. The van der Waals surface area contributed by atoms with E-state index < -0.39 is 0 Å². The number of guanidine groups is 1. The number of rotatable bonds is 8. The maximum absolute atomic E-state index is 5.83. The van der Waals surface area contributed by atoms with E-state index in [1.165, 1.54) is 0 Å². The van der Waals surface area contributed by atoms with Gasteiger partial charge in [-0.1, -0.05) is 18.2 Å². The number of hydrogen-bond acceptors (Lipinski definition) is 4. The summed E-state index contributed by atoms with van der Waals surface area (Å²) in [4.78, 5) is 11.3. The van der Waals surface area contributed by atoms with Crippen molar-refractivity contribution in [2.45, 2.75) is 33.7 Å². The van der Waals surface area contributed by atoms with Crippen molar-refractivity contribution in [2.75, 3.05) is 26.7 Å². The van der Waals surface area contributed by atoms with Crippen LogP contribution in [0.4, 0.5) is 0 Å². The van der Waals surface area contributed by atoms with Crippen molar-refractivity contribution < 1.29 is 4.74 Å². The molecule has 1 heterocycles. The van der Waals surface area contributed by atoms with Gasteiger partial charge in [0.15, 0.2) is 5.96 Å². The van der Waals surface area contributed by atoms with Gasteiger partial charge >= 0.3 is 0 Å². The number of nitrogens with zero attached hydrogens (tertiary/aromatic N) is 3. The van der Waals surface area contributed by atoms with Crippen molar-refractivity contribution in [1.29, 1.82) is 0 Å². The van der Waals surface area contributed by atoms with E-state index in [1.54, 1.807) is 11.3 Å². The third-order valence-electron chi connectivity index (χ3n) is 3.68. The molecule has 5 nitrogen and oxygen atoms in total. The lowest BCUT2D eigenvalue weighted by Crippen LogP contribution is -2.38. The van der Waals surface area contributed by atoms with E-state index in [9.17, 15) is 0 Å². The maximum Gasteiger partial charge on any atom is 0.194 e. The third-order valence-corrected chi connectivity index (χ3v) is 4.50. The lowest BCUT2D eigenvalue weighted by atomic mass is 10.2. The van der Waals surface area contributed by atoms with Gasteiger partial charge in [-0.15, -0.1) is 11.3 Å². The van der Waals surface area contributed by atoms with Crippen LogP contribution in [0.15, 0.2) is 34.6 Å². The van der Waals surface area contributed by atoms with Crippen LogP contribution in [0.3, 0.4) is 0 Å². The fraction of sp³-hybridized carbons (Fsp3) is 0.474. The summed E-state index contributed by atoms with van der Waals surface area (Å²) in [6.07, 6.45) is 0.882. The normalized spacial score (nSPS) is 11.4. The minimum Gasteiger partial charge on any atom is -0.493 e. The quantitative estimate of drug-likeness (QED) is 0.444. The zero-order valence-corrected chi connectivity index (χ0v) is 16.4. The molecule has 0 radical (unpaired) electrons. The van der Waals surface area contributed by atoms with Crippen LogP contribution in [-0.2, 0) is 6.54 Å². The molecule has 0 spiro atoms. The second-order valence-corrected chi connectivity index (χ2v) is 6.98. The molecule has 2 aromatic rings. The van der Waals surface area contributed by atoms with Crippen LogP contribution in [0.5, 0.6) is 5.75 Å². The summed E-state index contributed by atoms with van der Waals surface area (Å²) in [5.41, 5.74) is 2.25. The predicted octanol–water partition coefficient (Wildman–Crippen LogP) is 3.63. The van der Waals surface area contributed by atoms with Crippen LogP contribution in [0, 0.1) is 13.8 Å². The number of ether oxygens (including phenoxy) is 1. The zero-order chi connectivity index (χ0) is 18.1. The highest BCUT2D eigenvalue weighted by Gasteiger charge is 2.08. The molecule has 0 aliphatic heterocycles. The molecule has 0 saturated heterocycles. The molecular formula is C19H28N4OS. The van der Waals surface area contributed by atoms with E-state index in [0.29, 0.717) is 6.61 Å². The van der Waals surface area contributed by atoms with Gasteiger partial charge in [-0.05, 0) is 32.4 Å². The number of para-hydroxylation sites is 1. The molecule has 0 saturated carbocycles. The summed E-state index contributed by atoms with van der Waals surface area (Å²) in [7, 11) is 2.04. The predicted molar refractivity (Wildman–Crippen MR) is 106 cm³/mol. The van der Waals surface area contributed by atoms with Crippen molar-refractivity contribution in [3.05, 3.63) is 45.9 Å². The molecule has 0 bridgehead atoms. The van der Waals surface area contributed by atoms with E-state index in [0.717, 1.165) is 54.0 Å². The Morgan fingerprint density at radius 2 is 2.12 bits per heavy atom. The summed E-state index contributed by atoms with van der Waals surface area (Å²) in [5.74, 6) is 1.86. The first-order chi connectivity index (χ1) is 12.1. The van der Waals surface area contributed by atoms with Gasteiger partial charge in [0.05, 0.1) is 23.9 Å². The van der Waals surface area contributed by atoms with Crippen LogP contribution in [-0.4, -0.2) is 42.6 Å². The molecule has 1 N–H and O–H groups in total. The Morgan fingerprint density at radius 3 is 2.80 bits per heavy atom. The van der Waals surface area contributed by atoms with Crippen molar-refractivity contribution in [3.63, 3.8) is 0 Å². The molecule has 0 fully saturated rings. The smallest absolute Gasteiger partial charge is 0.194 e. The van der Waals surface area contributed by atoms with E-state index in [2.05, 4.69) is 40.5 Å². The van der Waals surface area contributed by atoms with Crippen molar-refractivity contribution in [1.82, 2.24) is 15.2 Å². The SMILES string of the molecule is CCNC(=NCCCOc1ccccc1C)N(C)Cc1csc(C)n1. The van der Waals surface area contributed by atoms with Crippen LogP contribution in [0.25, 0.3) is 0 Å². The minimum absolute atomic E-state index is 0.669. The van der Waals surface area contributed by atoms with Gasteiger partial charge in [0.1, 0.15) is 5.75 Å². The minimum atomic E-state index is 0.669. The van der Waals surface area contributed by atoms with Gasteiger partial charge in [0, 0.05) is 31.9 Å². The Balaban J connectivity index is 1.81. The summed E-state index contributed by atoms with van der Waals surface area (Å²) in [5, 5.41) is 6.54. The Kier molecular flexibility index (Phi) is 7.73. The Hall–Kier alpha value is -2.08. The molecule has 0 atom stereocenters. The standard InChI is InChI=1S/C19H28N4OS/c1-5-20-19(23(4)13-17-14-25-16(3)22-17)21-11-8-12-24-18-10-7-6-9-15(18)2/h6-7,9-10,14H,5,8,11-13H2,1-4H3,(H,20,21). The molecule has 1 aromatic carbocycles. The Labute approximate surface area is 154 Å². The number of aromatic nitrogens is 1. The van der Waals surface area contributed by atoms with Crippen LogP contribution >= 0.6 is 11.3 Å². The molecule has 136 valence electrons. The van der Waals surface area contributed by atoms with E-state index in [1.807, 2.05) is 32.2 Å². The van der Waals surface area contributed by atoms with Gasteiger partial charge in [-0.3, -0.25) is 4.99 Å². The molecule has 6 heteroatoms. The molecule has 0 aliphatic rings. The van der Waals surface area contributed by atoms with Gasteiger partial charge in [0.2, 0.25) is 0 Å². The highest BCUT2D eigenvalue weighted by atomic mass is 32.1. The second-order valence-electron chi connectivity index (χ2n) is 5.92. The van der Waals surface area contributed by atoms with Gasteiger partial charge in [-0.25, -0.2) is 4.98 Å². The van der Waals surface area contributed by atoms with Gasteiger partial charge < -0.3 is 15.0 Å². The Bertz CT molecular complexity index is 684. The number of hydrogen-bond donors (Lipinski definition) is 1. The van der Waals surface area contributed by atoms with Gasteiger partial charge in [0.25, 0.3) is 0 Å². The number of benzene rings is 1. The van der Waals surface area contributed by atoms with Crippen molar-refractivity contribution in [3.8, 4) is 5.75 Å². The zero-order valence-electron chi connectivity index (χ0n) is 15.6. The van der Waals surface area contributed by atoms with Crippen LogP contribution in [0.1, 0.15) is 29.6 Å². The molecule has 2 rings (SSSR count). The molecule has 1 aromatic heterocycles. The molecule has 0 amide bonds. The molecular weight excluding hydrogens is 332 g/mol. The molecule has 0 unspecified atom stereocenters. The average Bonchev–Trinajstić information content (AvgIpc) is 3.00. The van der Waals surface area contributed by atoms with E-state index in [-0.39, 0.29) is 0 Å². The first kappa shape index (κ1) is 19.2. The topological polar surface area (TPSA) is 49.8 Å². The van der Waals surface area contributed by atoms with E-state index >= 15 is 0 Å². The maximum atomic E-state index is 5.83. The largest absolute Gasteiger partial charge is 0.493 e. The lowest BCUT2D eigenvalue weighted by Gasteiger charge is -2.21. The highest BCUT2D eigenvalue weighted by molar-refractivity contribution is 7.09. The van der Waals surface area contributed by atoms with Crippen LogP contribution in [0.2, 0.25) is 0 Å². The third kappa shape index (κ3) is 6.38. The highest BCUT2D eigenvalue weighted by Crippen LogP contribution is 2.16.